The Morgan fingerprint density at radius 2 is 1.95 bits per heavy atom. The second kappa shape index (κ2) is 5.65. The summed E-state index contributed by atoms with van der Waals surface area (Å²) in [7, 11) is 0. The van der Waals surface area contributed by atoms with Crippen molar-refractivity contribution >= 4 is 11.9 Å². The fourth-order valence-electron chi connectivity index (χ4n) is 1.64. The Balaban J connectivity index is 2.18. The van der Waals surface area contributed by atoms with E-state index in [2.05, 4.69) is 0 Å². The highest BCUT2D eigenvalue weighted by Crippen LogP contribution is 2.13. The first-order valence-corrected chi connectivity index (χ1v) is 5.70. The van der Waals surface area contributed by atoms with Crippen LogP contribution in [0.25, 0.3) is 6.08 Å². The SMILES string of the molecule is N#Cc1cccc(/C=C/C(=O)c2cccc(O)c2)c1. The van der Waals surface area contributed by atoms with Gasteiger partial charge in [-0.1, -0.05) is 30.3 Å². The van der Waals surface area contributed by atoms with E-state index in [0.29, 0.717) is 11.1 Å². The number of benzene rings is 2. The summed E-state index contributed by atoms with van der Waals surface area (Å²) in [6.45, 7) is 0. The molecule has 0 bridgehead atoms. The van der Waals surface area contributed by atoms with Gasteiger partial charge in [0.05, 0.1) is 11.6 Å². The number of rotatable bonds is 3. The quantitative estimate of drug-likeness (QED) is 0.671. The zero-order chi connectivity index (χ0) is 13.7. The smallest absolute Gasteiger partial charge is 0.185 e. The molecule has 0 aromatic heterocycles. The van der Waals surface area contributed by atoms with Gasteiger partial charge in [0, 0.05) is 5.56 Å². The number of nitriles is 1. The molecule has 19 heavy (non-hydrogen) atoms. The summed E-state index contributed by atoms with van der Waals surface area (Å²) >= 11 is 0. The van der Waals surface area contributed by atoms with Crippen molar-refractivity contribution < 1.29 is 9.90 Å². The summed E-state index contributed by atoms with van der Waals surface area (Å²) < 4.78 is 0. The number of allylic oxidation sites excluding steroid dienone is 1. The fraction of sp³-hybridized carbons (Fsp3) is 0. The number of carbonyl (C=O) groups excluding carboxylic acids is 1. The van der Waals surface area contributed by atoms with Crippen LogP contribution in [-0.2, 0) is 0 Å². The van der Waals surface area contributed by atoms with Gasteiger partial charge < -0.3 is 5.11 Å². The Labute approximate surface area is 111 Å². The van der Waals surface area contributed by atoms with Crippen molar-refractivity contribution in [2.45, 2.75) is 0 Å². The molecule has 2 rings (SSSR count). The molecule has 0 saturated heterocycles. The molecular weight excluding hydrogens is 238 g/mol. The third-order valence-corrected chi connectivity index (χ3v) is 2.57. The lowest BCUT2D eigenvalue weighted by atomic mass is 10.1. The zero-order valence-corrected chi connectivity index (χ0v) is 10.1. The van der Waals surface area contributed by atoms with Gasteiger partial charge in [0.1, 0.15) is 5.75 Å². The highest BCUT2D eigenvalue weighted by molar-refractivity contribution is 6.07. The third-order valence-electron chi connectivity index (χ3n) is 2.57. The zero-order valence-electron chi connectivity index (χ0n) is 10.1. The van der Waals surface area contributed by atoms with E-state index in [1.807, 2.05) is 12.1 Å². The van der Waals surface area contributed by atoms with Crippen molar-refractivity contribution in [3.8, 4) is 11.8 Å². The van der Waals surface area contributed by atoms with Gasteiger partial charge in [-0.2, -0.15) is 5.26 Å². The lowest BCUT2D eigenvalue weighted by Crippen LogP contribution is -1.93. The van der Waals surface area contributed by atoms with Crippen molar-refractivity contribution in [3.05, 3.63) is 71.3 Å². The van der Waals surface area contributed by atoms with Crippen molar-refractivity contribution in [2.75, 3.05) is 0 Å². The third kappa shape index (κ3) is 3.30. The summed E-state index contributed by atoms with van der Waals surface area (Å²) in [6, 6.07) is 15.2. The average molecular weight is 249 g/mol. The van der Waals surface area contributed by atoms with Gasteiger partial charge in [-0.25, -0.2) is 0 Å². The molecule has 2 aromatic rings. The summed E-state index contributed by atoms with van der Waals surface area (Å²) in [5.41, 5.74) is 1.76. The Morgan fingerprint density at radius 3 is 2.68 bits per heavy atom. The fourth-order valence-corrected chi connectivity index (χ4v) is 1.64. The molecule has 0 fully saturated rings. The van der Waals surface area contributed by atoms with Gasteiger partial charge in [0.2, 0.25) is 0 Å². The van der Waals surface area contributed by atoms with Gasteiger partial charge in [0.15, 0.2) is 5.78 Å². The molecule has 0 saturated carbocycles. The first kappa shape index (κ1) is 12.6. The van der Waals surface area contributed by atoms with E-state index in [4.69, 9.17) is 5.26 Å². The molecule has 92 valence electrons. The Bertz CT molecular complexity index is 681. The number of ketones is 1. The van der Waals surface area contributed by atoms with Crippen LogP contribution in [0.5, 0.6) is 5.75 Å². The molecule has 0 amide bonds. The number of phenolic OH excluding ortho intramolecular Hbond substituents is 1. The summed E-state index contributed by atoms with van der Waals surface area (Å²) in [4.78, 5) is 11.9. The minimum atomic E-state index is -0.196. The maximum Gasteiger partial charge on any atom is 0.185 e. The lowest BCUT2D eigenvalue weighted by Gasteiger charge is -1.97. The number of nitrogens with zero attached hydrogens (tertiary/aromatic N) is 1. The number of carbonyl (C=O) groups is 1. The van der Waals surface area contributed by atoms with E-state index in [1.54, 1.807) is 36.4 Å². The highest BCUT2D eigenvalue weighted by Gasteiger charge is 2.02. The van der Waals surface area contributed by atoms with Crippen LogP contribution >= 0.6 is 0 Å². The number of hydrogen-bond donors (Lipinski definition) is 1. The molecule has 3 heteroatoms. The van der Waals surface area contributed by atoms with Gasteiger partial charge >= 0.3 is 0 Å². The van der Waals surface area contributed by atoms with Crippen LogP contribution in [0.4, 0.5) is 0 Å². The van der Waals surface area contributed by atoms with Gasteiger partial charge in [-0.15, -0.1) is 0 Å². The standard InChI is InChI=1S/C16H11NO2/c17-11-13-4-1-3-12(9-13)7-8-16(19)14-5-2-6-15(18)10-14/h1-10,18H/b8-7+. The monoisotopic (exact) mass is 249 g/mol. The molecule has 3 nitrogen and oxygen atoms in total. The molecule has 0 spiro atoms. The molecule has 0 aliphatic heterocycles. The number of aromatic hydroxyl groups is 1. The maximum atomic E-state index is 11.9. The topological polar surface area (TPSA) is 61.1 Å². The minimum absolute atomic E-state index is 0.0609. The van der Waals surface area contributed by atoms with Crippen LogP contribution in [0, 0.1) is 11.3 Å². The van der Waals surface area contributed by atoms with Crippen LogP contribution in [-0.4, -0.2) is 10.9 Å². The Hall–Kier alpha value is -2.86. The molecule has 1 N–H and O–H groups in total. The highest BCUT2D eigenvalue weighted by atomic mass is 16.3. The Morgan fingerprint density at radius 1 is 1.16 bits per heavy atom. The van der Waals surface area contributed by atoms with E-state index >= 15 is 0 Å². The van der Waals surface area contributed by atoms with Crippen molar-refractivity contribution in [1.29, 1.82) is 5.26 Å². The molecule has 0 unspecified atom stereocenters. The summed E-state index contributed by atoms with van der Waals surface area (Å²) in [5, 5.41) is 18.1. The van der Waals surface area contributed by atoms with E-state index in [-0.39, 0.29) is 11.5 Å². The number of hydrogen-bond acceptors (Lipinski definition) is 3. The predicted octanol–water partition coefficient (Wildman–Crippen LogP) is 3.16. The largest absolute Gasteiger partial charge is 0.508 e. The first-order chi connectivity index (χ1) is 9.19. The van der Waals surface area contributed by atoms with Crippen molar-refractivity contribution in [2.24, 2.45) is 0 Å². The van der Waals surface area contributed by atoms with Crippen molar-refractivity contribution in [3.63, 3.8) is 0 Å². The molecule has 0 aliphatic carbocycles. The Kier molecular flexibility index (Phi) is 3.75. The van der Waals surface area contributed by atoms with Crippen LogP contribution in [0.15, 0.2) is 54.6 Å². The number of phenols is 1. The average Bonchev–Trinajstić information content (AvgIpc) is 2.45. The maximum absolute atomic E-state index is 11.9. The molecule has 0 atom stereocenters. The van der Waals surface area contributed by atoms with Crippen LogP contribution in [0.1, 0.15) is 21.5 Å². The molecule has 2 aromatic carbocycles. The molecule has 0 radical (unpaired) electrons. The summed E-state index contributed by atoms with van der Waals surface area (Å²) in [5.74, 6) is -0.135. The van der Waals surface area contributed by atoms with Crippen LogP contribution in [0.3, 0.4) is 0 Å². The first-order valence-electron chi connectivity index (χ1n) is 5.70. The predicted molar refractivity (Wildman–Crippen MR) is 72.6 cm³/mol. The lowest BCUT2D eigenvalue weighted by molar-refractivity contribution is 0.104. The van der Waals surface area contributed by atoms with Crippen LogP contribution in [0.2, 0.25) is 0 Å². The van der Waals surface area contributed by atoms with Crippen molar-refractivity contribution in [1.82, 2.24) is 0 Å². The normalized spacial score (nSPS) is 10.3. The van der Waals surface area contributed by atoms with Gasteiger partial charge in [0.25, 0.3) is 0 Å². The molecule has 0 heterocycles. The van der Waals surface area contributed by atoms with E-state index in [0.717, 1.165) is 5.56 Å². The molecular formula is C16H11NO2. The second-order valence-electron chi connectivity index (χ2n) is 3.99. The minimum Gasteiger partial charge on any atom is -0.508 e. The van der Waals surface area contributed by atoms with E-state index in [1.165, 1.54) is 18.2 Å². The van der Waals surface area contributed by atoms with Gasteiger partial charge in [-0.05, 0) is 35.9 Å². The van der Waals surface area contributed by atoms with Crippen LogP contribution < -0.4 is 0 Å². The summed E-state index contributed by atoms with van der Waals surface area (Å²) in [6.07, 6.45) is 3.07. The van der Waals surface area contributed by atoms with E-state index < -0.39 is 0 Å². The second-order valence-corrected chi connectivity index (χ2v) is 3.99. The molecule has 0 aliphatic rings. The van der Waals surface area contributed by atoms with Gasteiger partial charge in [-0.3, -0.25) is 4.79 Å². The van der Waals surface area contributed by atoms with E-state index in [9.17, 15) is 9.90 Å².